The molecule has 0 spiro atoms. The number of nitrogens with zero attached hydrogens (tertiary/aromatic N) is 3. The van der Waals surface area contributed by atoms with Gasteiger partial charge >= 0.3 is 5.97 Å². The number of carbonyl (C=O) groups is 1. The quantitative estimate of drug-likeness (QED) is 0.461. The molecule has 0 atom stereocenters. The van der Waals surface area contributed by atoms with Crippen molar-refractivity contribution >= 4 is 12.0 Å². The van der Waals surface area contributed by atoms with Gasteiger partial charge in [0.05, 0.1) is 12.8 Å². The molecule has 2 aromatic carbocycles. The molecule has 8 heteroatoms. The monoisotopic (exact) mass is 455 g/mol. The van der Waals surface area contributed by atoms with Gasteiger partial charge in [-0.1, -0.05) is 36.8 Å². The summed E-state index contributed by atoms with van der Waals surface area (Å²) in [5.41, 5.74) is 3.23. The Hall–Kier alpha value is -3.68. The van der Waals surface area contributed by atoms with Gasteiger partial charge in [-0.2, -0.15) is 0 Å². The number of hydrogen-bond acceptors (Lipinski definition) is 5. The second-order valence-corrected chi connectivity index (χ2v) is 7.20. The van der Waals surface area contributed by atoms with Gasteiger partial charge in [-0.15, -0.1) is 5.10 Å². The van der Waals surface area contributed by atoms with Crippen LogP contribution in [-0.2, 0) is 17.8 Å². The highest BCUT2D eigenvalue weighted by atomic mass is 19.1. The number of carboxylic acid groups (broad SMARTS) is 1. The van der Waals surface area contributed by atoms with Crippen molar-refractivity contribution in [2.75, 3.05) is 7.11 Å². The predicted molar refractivity (Wildman–Crippen MR) is 125 cm³/mol. The zero-order chi connectivity index (χ0) is 24.4. The molecule has 3 rings (SSSR count). The highest BCUT2D eigenvalue weighted by molar-refractivity contribution is 5.67. The van der Waals surface area contributed by atoms with Crippen LogP contribution in [-0.4, -0.2) is 33.2 Å². The maximum Gasteiger partial charge on any atom is 0.303 e. The van der Waals surface area contributed by atoms with E-state index in [1.165, 1.54) is 23.9 Å². The molecule has 1 aromatic heterocycles. The Morgan fingerprint density at radius 1 is 1.15 bits per heavy atom. The number of aromatic nitrogens is 3. The smallest absolute Gasteiger partial charge is 0.303 e. The maximum atomic E-state index is 14.5. The minimum Gasteiger partial charge on any atom is -0.497 e. The van der Waals surface area contributed by atoms with Gasteiger partial charge in [-0.3, -0.25) is 4.79 Å². The number of benzene rings is 2. The second kappa shape index (κ2) is 12.4. The Bertz CT molecular complexity index is 1100. The fourth-order valence-corrected chi connectivity index (χ4v) is 2.99. The van der Waals surface area contributed by atoms with Crippen LogP contribution in [0.25, 0.3) is 11.8 Å². The van der Waals surface area contributed by atoms with Crippen LogP contribution in [0.1, 0.15) is 51.1 Å². The molecule has 7 nitrogen and oxygen atoms in total. The number of rotatable bonds is 9. The van der Waals surface area contributed by atoms with Gasteiger partial charge in [0.1, 0.15) is 35.3 Å². The fraction of sp³-hybridized carbons (Fsp3) is 0.320. The van der Waals surface area contributed by atoms with Crippen molar-refractivity contribution in [3.8, 4) is 17.2 Å². The molecular weight excluding hydrogens is 425 g/mol. The molecule has 33 heavy (non-hydrogen) atoms. The van der Waals surface area contributed by atoms with Crippen molar-refractivity contribution in [2.24, 2.45) is 0 Å². The van der Waals surface area contributed by atoms with Crippen LogP contribution in [0.3, 0.4) is 0 Å². The lowest BCUT2D eigenvalue weighted by Crippen LogP contribution is -2.05. The van der Waals surface area contributed by atoms with E-state index in [-0.39, 0.29) is 18.7 Å². The van der Waals surface area contributed by atoms with Gasteiger partial charge in [0.25, 0.3) is 0 Å². The Balaban J connectivity index is 0.00000187. The van der Waals surface area contributed by atoms with E-state index in [2.05, 4.69) is 10.3 Å². The number of aliphatic carboxylic acids is 1. The van der Waals surface area contributed by atoms with Gasteiger partial charge in [-0.25, -0.2) is 9.07 Å². The first-order chi connectivity index (χ1) is 15.9. The minimum absolute atomic E-state index is 0.0502. The number of halogens is 1. The summed E-state index contributed by atoms with van der Waals surface area (Å²) in [5.74, 6) is -0.203. The van der Waals surface area contributed by atoms with E-state index in [0.29, 0.717) is 29.3 Å². The van der Waals surface area contributed by atoms with Crippen LogP contribution in [0.4, 0.5) is 4.39 Å². The summed E-state index contributed by atoms with van der Waals surface area (Å²) in [7, 11) is 1.51. The lowest BCUT2D eigenvalue weighted by atomic mass is 10.1. The normalized spacial score (nSPS) is 10.1. The molecule has 0 amide bonds. The van der Waals surface area contributed by atoms with E-state index >= 15 is 0 Å². The predicted octanol–water partition coefficient (Wildman–Crippen LogP) is 5.46. The van der Waals surface area contributed by atoms with E-state index in [9.17, 15) is 9.18 Å². The van der Waals surface area contributed by atoms with Gasteiger partial charge in [0.15, 0.2) is 0 Å². The molecule has 0 aliphatic carbocycles. The Morgan fingerprint density at radius 2 is 1.91 bits per heavy atom. The molecule has 0 saturated heterocycles. The van der Waals surface area contributed by atoms with Crippen molar-refractivity contribution in [3.63, 3.8) is 0 Å². The Labute approximate surface area is 193 Å². The van der Waals surface area contributed by atoms with Gasteiger partial charge < -0.3 is 14.6 Å². The maximum absolute atomic E-state index is 14.5. The van der Waals surface area contributed by atoms with E-state index in [4.69, 9.17) is 14.6 Å². The van der Waals surface area contributed by atoms with Crippen LogP contribution in [0.5, 0.6) is 11.5 Å². The van der Waals surface area contributed by atoms with E-state index < -0.39 is 11.8 Å². The van der Waals surface area contributed by atoms with E-state index in [1.807, 2.05) is 45.9 Å². The third-order valence-corrected chi connectivity index (χ3v) is 4.49. The first-order valence-electron chi connectivity index (χ1n) is 10.7. The van der Waals surface area contributed by atoms with E-state index in [0.717, 1.165) is 11.1 Å². The van der Waals surface area contributed by atoms with Gasteiger partial charge in [-0.05, 0) is 56.2 Å². The third-order valence-electron chi connectivity index (χ3n) is 4.49. The van der Waals surface area contributed by atoms with Crippen LogP contribution < -0.4 is 9.47 Å². The van der Waals surface area contributed by atoms with Crippen LogP contribution in [0, 0.1) is 5.82 Å². The standard InChI is InChI=1S/C23H24FN3O4.C2H6/c1-15(2)11-22-20(14-31-18-6-4-5-16(12-18)7-10-23(28)29)25-26-27(22)21-13-17(30-3)8-9-19(21)24;1-2/h4-6,8-9,11-13H,7,10,14H2,1-3H3,(H,28,29);1-2H3. The van der Waals surface area contributed by atoms with Crippen LogP contribution in [0.15, 0.2) is 48.0 Å². The zero-order valence-electron chi connectivity index (χ0n) is 19.6. The largest absolute Gasteiger partial charge is 0.497 e. The topological polar surface area (TPSA) is 86.5 Å². The molecule has 1 heterocycles. The number of hydrogen-bond donors (Lipinski definition) is 1. The van der Waals surface area contributed by atoms with Crippen LogP contribution >= 0.6 is 0 Å². The SMILES string of the molecule is CC.COc1ccc(F)c(-n2nnc(COc3cccc(CCC(=O)O)c3)c2C=C(C)C)c1. The summed E-state index contributed by atoms with van der Waals surface area (Å²) < 4.78 is 27.0. The molecular formula is C25H30FN3O4. The Kier molecular flexibility index (Phi) is 9.60. The van der Waals surface area contributed by atoms with Crippen molar-refractivity contribution < 1.29 is 23.8 Å². The fourth-order valence-electron chi connectivity index (χ4n) is 2.99. The number of aryl methyl sites for hydroxylation is 1. The average molecular weight is 456 g/mol. The van der Waals surface area contributed by atoms with Crippen molar-refractivity contribution in [1.82, 2.24) is 15.0 Å². The summed E-state index contributed by atoms with van der Waals surface area (Å²) in [6, 6.07) is 11.7. The number of carboxylic acids is 1. The van der Waals surface area contributed by atoms with Crippen LogP contribution in [0.2, 0.25) is 0 Å². The summed E-state index contributed by atoms with van der Waals surface area (Å²) in [4.78, 5) is 10.8. The van der Waals surface area contributed by atoms with Crippen molar-refractivity contribution in [3.05, 3.63) is 70.8 Å². The molecule has 0 saturated carbocycles. The third kappa shape index (κ3) is 7.17. The molecule has 1 N–H and O–H groups in total. The first-order valence-corrected chi connectivity index (χ1v) is 10.7. The number of allylic oxidation sites excluding steroid dienone is 1. The van der Waals surface area contributed by atoms with Crippen molar-refractivity contribution in [1.29, 1.82) is 0 Å². The molecule has 0 radical (unpaired) electrons. The molecule has 176 valence electrons. The minimum atomic E-state index is -0.848. The highest BCUT2D eigenvalue weighted by Gasteiger charge is 2.17. The Morgan fingerprint density at radius 3 is 2.58 bits per heavy atom. The lowest BCUT2D eigenvalue weighted by Gasteiger charge is -2.10. The molecule has 0 unspecified atom stereocenters. The first kappa shape index (κ1) is 25.6. The number of ether oxygens (including phenoxy) is 2. The molecule has 3 aromatic rings. The highest BCUT2D eigenvalue weighted by Crippen LogP contribution is 2.24. The molecule has 0 aliphatic heterocycles. The zero-order valence-corrected chi connectivity index (χ0v) is 19.6. The van der Waals surface area contributed by atoms with Crippen molar-refractivity contribution in [2.45, 2.75) is 47.1 Å². The number of methoxy groups -OCH3 is 1. The van der Waals surface area contributed by atoms with E-state index in [1.54, 1.807) is 18.2 Å². The second-order valence-electron chi connectivity index (χ2n) is 7.20. The van der Waals surface area contributed by atoms with Gasteiger partial charge in [0, 0.05) is 12.5 Å². The summed E-state index contributed by atoms with van der Waals surface area (Å²) in [6.45, 7) is 7.97. The lowest BCUT2D eigenvalue weighted by molar-refractivity contribution is -0.136. The summed E-state index contributed by atoms with van der Waals surface area (Å²) in [5, 5.41) is 17.2. The molecule has 0 aliphatic rings. The van der Waals surface area contributed by atoms with Gasteiger partial charge in [0.2, 0.25) is 0 Å². The summed E-state index contributed by atoms with van der Waals surface area (Å²) in [6.07, 6.45) is 2.33. The average Bonchev–Trinajstić information content (AvgIpc) is 3.19. The summed E-state index contributed by atoms with van der Waals surface area (Å²) >= 11 is 0. The molecule has 0 bridgehead atoms. The molecule has 0 fully saturated rings.